The van der Waals surface area contributed by atoms with Gasteiger partial charge in [-0.2, -0.15) is 0 Å². The Morgan fingerprint density at radius 1 is 1.39 bits per heavy atom. The van der Waals surface area contributed by atoms with E-state index in [4.69, 9.17) is 0 Å². The van der Waals surface area contributed by atoms with Crippen molar-refractivity contribution in [3.8, 4) is 0 Å². The molecule has 0 aromatic heterocycles. The van der Waals surface area contributed by atoms with E-state index in [0.29, 0.717) is 0 Å². The van der Waals surface area contributed by atoms with Crippen molar-refractivity contribution in [2.75, 3.05) is 18.9 Å². The molecule has 1 atom stereocenters. The minimum atomic E-state index is -0.484. The number of hydrogen-bond acceptors (Lipinski definition) is 2. The third-order valence-electron chi connectivity index (χ3n) is 2.84. The number of rotatable bonds is 5. The lowest BCUT2D eigenvalue weighted by Gasteiger charge is -2.17. The zero-order chi connectivity index (χ0) is 13.5. The highest BCUT2D eigenvalue weighted by atomic mass is 16.3. The molecule has 0 aliphatic carbocycles. The Balaban J connectivity index is 2.53. The molecule has 0 radical (unpaired) electrons. The number of unbranched alkanes of at least 4 members (excludes halogenated alkanes) is 1. The number of amides is 2. The summed E-state index contributed by atoms with van der Waals surface area (Å²) in [6.45, 7) is 4.57. The molecule has 0 heterocycles. The van der Waals surface area contributed by atoms with E-state index in [2.05, 4.69) is 12.2 Å². The minimum absolute atomic E-state index is 0.103. The zero-order valence-corrected chi connectivity index (χ0v) is 11.3. The first-order chi connectivity index (χ1) is 8.54. The molecule has 2 N–H and O–H groups in total. The first-order valence-electron chi connectivity index (χ1n) is 6.34. The fourth-order valence-electron chi connectivity index (χ4n) is 1.56. The monoisotopic (exact) mass is 250 g/mol. The van der Waals surface area contributed by atoms with Crippen LogP contribution >= 0.6 is 0 Å². The number of carbonyl (C=O) groups excluding carboxylic acids is 1. The summed E-state index contributed by atoms with van der Waals surface area (Å²) in [6, 6.07) is 7.12. The second kappa shape index (κ2) is 7.01. The van der Waals surface area contributed by atoms with Crippen molar-refractivity contribution >= 4 is 11.7 Å². The van der Waals surface area contributed by atoms with Crippen molar-refractivity contribution in [1.82, 2.24) is 4.90 Å². The maximum absolute atomic E-state index is 11.8. The summed E-state index contributed by atoms with van der Waals surface area (Å²) in [5.41, 5.74) is 1.58. The molecule has 1 rings (SSSR count). The molecule has 0 spiro atoms. The molecule has 0 fully saturated rings. The summed E-state index contributed by atoms with van der Waals surface area (Å²) in [5, 5.41) is 12.2. The van der Waals surface area contributed by atoms with Crippen molar-refractivity contribution in [1.29, 1.82) is 0 Å². The molecule has 0 saturated heterocycles. The van der Waals surface area contributed by atoms with Crippen LogP contribution in [0.25, 0.3) is 0 Å². The maximum atomic E-state index is 11.8. The van der Waals surface area contributed by atoms with Crippen LogP contribution in [0.4, 0.5) is 10.5 Å². The van der Waals surface area contributed by atoms with E-state index >= 15 is 0 Å². The van der Waals surface area contributed by atoms with Crippen LogP contribution in [0.2, 0.25) is 0 Å². The number of nitrogens with zero attached hydrogens (tertiary/aromatic N) is 1. The van der Waals surface area contributed by atoms with Gasteiger partial charge in [0.15, 0.2) is 0 Å². The lowest BCUT2D eigenvalue weighted by atomic mass is 10.1. The van der Waals surface area contributed by atoms with Gasteiger partial charge < -0.3 is 15.3 Å². The normalized spacial score (nSPS) is 12.0. The van der Waals surface area contributed by atoms with Gasteiger partial charge in [0, 0.05) is 19.3 Å². The maximum Gasteiger partial charge on any atom is 0.321 e. The quantitative estimate of drug-likeness (QED) is 0.844. The highest BCUT2D eigenvalue weighted by Crippen LogP contribution is 2.15. The van der Waals surface area contributed by atoms with Gasteiger partial charge in [-0.25, -0.2) is 4.79 Å². The first-order valence-corrected chi connectivity index (χ1v) is 6.34. The molecule has 100 valence electrons. The van der Waals surface area contributed by atoms with Crippen molar-refractivity contribution in [3.05, 3.63) is 29.8 Å². The summed E-state index contributed by atoms with van der Waals surface area (Å²) in [5.74, 6) is 0. The van der Waals surface area contributed by atoms with Gasteiger partial charge in [-0.05, 0) is 31.0 Å². The van der Waals surface area contributed by atoms with E-state index < -0.39 is 6.10 Å². The second-order valence-corrected chi connectivity index (χ2v) is 4.50. The van der Waals surface area contributed by atoms with Gasteiger partial charge in [0.1, 0.15) is 0 Å². The number of hydrogen-bond donors (Lipinski definition) is 2. The topological polar surface area (TPSA) is 52.6 Å². The molecule has 1 unspecified atom stereocenters. The summed E-state index contributed by atoms with van der Waals surface area (Å²) < 4.78 is 0. The molecule has 0 bridgehead atoms. The van der Waals surface area contributed by atoms with E-state index in [9.17, 15) is 9.90 Å². The number of urea groups is 1. The van der Waals surface area contributed by atoms with Gasteiger partial charge in [-0.3, -0.25) is 0 Å². The summed E-state index contributed by atoms with van der Waals surface area (Å²) in [4.78, 5) is 13.5. The van der Waals surface area contributed by atoms with Crippen molar-refractivity contribution in [3.63, 3.8) is 0 Å². The van der Waals surface area contributed by atoms with Crippen LogP contribution in [-0.2, 0) is 0 Å². The van der Waals surface area contributed by atoms with E-state index in [1.807, 2.05) is 12.1 Å². The van der Waals surface area contributed by atoms with Gasteiger partial charge >= 0.3 is 6.03 Å². The van der Waals surface area contributed by atoms with Gasteiger partial charge in [0.2, 0.25) is 0 Å². The fraction of sp³-hybridized carbons (Fsp3) is 0.500. The highest BCUT2D eigenvalue weighted by molar-refractivity contribution is 5.89. The van der Waals surface area contributed by atoms with Crippen molar-refractivity contribution < 1.29 is 9.90 Å². The molecule has 2 amide bonds. The lowest BCUT2D eigenvalue weighted by molar-refractivity contribution is 0.199. The van der Waals surface area contributed by atoms with Gasteiger partial charge in [-0.15, -0.1) is 0 Å². The average Bonchev–Trinajstić information content (AvgIpc) is 2.36. The molecule has 1 aromatic rings. The van der Waals surface area contributed by atoms with Crippen LogP contribution in [0, 0.1) is 0 Å². The van der Waals surface area contributed by atoms with Crippen LogP contribution in [-0.4, -0.2) is 29.6 Å². The Kier molecular flexibility index (Phi) is 5.65. The van der Waals surface area contributed by atoms with E-state index in [0.717, 1.165) is 30.6 Å². The third-order valence-corrected chi connectivity index (χ3v) is 2.84. The molecule has 18 heavy (non-hydrogen) atoms. The molecule has 4 heteroatoms. The first kappa shape index (κ1) is 14.5. The standard InChI is InChI=1S/C14H22N2O2/c1-4-5-10-16(3)14(18)15-13-8-6-12(7-9-13)11(2)17/h6-9,11,17H,4-5,10H2,1-3H3,(H,15,18). The molecular formula is C14H22N2O2. The number of aliphatic hydroxyl groups is 1. The van der Waals surface area contributed by atoms with E-state index in [1.54, 1.807) is 31.0 Å². The minimum Gasteiger partial charge on any atom is -0.389 e. The number of nitrogens with one attached hydrogen (secondary N) is 1. The largest absolute Gasteiger partial charge is 0.389 e. The Morgan fingerprint density at radius 3 is 2.50 bits per heavy atom. The fourth-order valence-corrected chi connectivity index (χ4v) is 1.56. The van der Waals surface area contributed by atoms with Crippen LogP contribution < -0.4 is 5.32 Å². The molecule has 0 saturated carbocycles. The molecule has 4 nitrogen and oxygen atoms in total. The third kappa shape index (κ3) is 4.37. The van der Waals surface area contributed by atoms with Gasteiger partial charge in [0.25, 0.3) is 0 Å². The van der Waals surface area contributed by atoms with Crippen LogP contribution in [0.1, 0.15) is 38.4 Å². The summed E-state index contributed by atoms with van der Waals surface area (Å²) >= 11 is 0. The van der Waals surface area contributed by atoms with Crippen molar-refractivity contribution in [2.45, 2.75) is 32.8 Å². The number of aliphatic hydroxyl groups excluding tert-OH is 1. The lowest BCUT2D eigenvalue weighted by Crippen LogP contribution is -2.32. The molecule has 0 aliphatic rings. The average molecular weight is 250 g/mol. The van der Waals surface area contributed by atoms with Crippen molar-refractivity contribution in [2.24, 2.45) is 0 Å². The predicted molar refractivity (Wildman–Crippen MR) is 73.6 cm³/mol. The number of anilines is 1. The second-order valence-electron chi connectivity index (χ2n) is 4.50. The van der Waals surface area contributed by atoms with Crippen LogP contribution in [0.15, 0.2) is 24.3 Å². The number of carbonyl (C=O) groups is 1. The van der Waals surface area contributed by atoms with E-state index in [-0.39, 0.29) is 6.03 Å². The highest BCUT2D eigenvalue weighted by Gasteiger charge is 2.08. The Morgan fingerprint density at radius 2 is 2.00 bits per heavy atom. The predicted octanol–water partition coefficient (Wildman–Crippen LogP) is 3.00. The smallest absolute Gasteiger partial charge is 0.321 e. The van der Waals surface area contributed by atoms with E-state index in [1.165, 1.54) is 0 Å². The molecular weight excluding hydrogens is 228 g/mol. The Hall–Kier alpha value is -1.55. The molecule has 1 aromatic carbocycles. The van der Waals surface area contributed by atoms with Gasteiger partial charge in [0.05, 0.1) is 6.10 Å². The van der Waals surface area contributed by atoms with Crippen LogP contribution in [0.3, 0.4) is 0 Å². The summed E-state index contributed by atoms with van der Waals surface area (Å²) in [6.07, 6.45) is 1.59. The number of benzene rings is 1. The Labute approximate surface area is 109 Å². The Bertz CT molecular complexity index is 374. The van der Waals surface area contributed by atoms with Crippen LogP contribution in [0.5, 0.6) is 0 Å². The zero-order valence-electron chi connectivity index (χ0n) is 11.3. The SMILES string of the molecule is CCCCN(C)C(=O)Nc1ccc(C(C)O)cc1. The summed E-state index contributed by atoms with van der Waals surface area (Å²) in [7, 11) is 1.79. The molecule has 0 aliphatic heterocycles. The van der Waals surface area contributed by atoms with Gasteiger partial charge in [-0.1, -0.05) is 25.5 Å².